The Morgan fingerprint density at radius 3 is 2.65 bits per heavy atom. The summed E-state index contributed by atoms with van der Waals surface area (Å²) in [5.74, 6) is 0.959. The average molecular weight is 275 g/mol. The van der Waals surface area contributed by atoms with E-state index in [4.69, 9.17) is 14.6 Å². The molecule has 0 amide bonds. The lowest BCUT2D eigenvalue weighted by Gasteiger charge is -2.08. The van der Waals surface area contributed by atoms with E-state index in [0.717, 1.165) is 0 Å². The molecule has 6 heteroatoms. The second-order valence-electron chi connectivity index (χ2n) is 4.00. The zero-order chi connectivity index (χ0) is 14.5. The summed E-state index contributed by atoms with van der Waals surface area (Å²) in [6, 6.07) is 11.0. The van der Waals surface area contributed by atoms with Crippen molar-refractivity contribution in [3.63, 3.8) is 0 Å². The van der Waals surface area contributed by atoms with Gasteiger partial charge in [0.05, 0.1) is 18.6 Å². The van der Waals surface area contributed by atoms with Crippen LogP contribution in [0.15, 0.2) is 42.5 Å². The summed E-state index contributed by atoms with van der Waals surface area (Å²) in [6.45, 7) is -0.128. The number of benzene rings is 2. The third kappa shape index (κ3) is 3.04. The van der Waals surface area contributed by atoms with E-state index >= 15 is 0 Å². The predicted octanol–water partition coefficient (Wildman–Crippen LogP) is 2.89. The maximum Gasteiger partial charge on any atom is 0.311 e. The van der Waals surface area contributed by atoms with Crippen LogP contribution in [0.5, 0.6) is 17.2 Å². The van der Waals surface area contributed by atoms with Crippen molar-refractivity contribution < 1.29 is 19.5 Å². The number of nitro benzene ring substituents is 1. The van der Waals surface area contributed by atoms with Crippen molar-refractivity contribution in [3.05, 3.63) is 58.1 Å². The first kappa shape index (κ1) is 13.8. The van der Waals surface area contributed by atoms with Crippen LogP contribution < -0.4 is 9.47 Å². The van der Waals surface area contributed by atoms with Crippen LogP contribution >= 0.6 is 0 Å². The van der Waals surface area contributed by atoms with Gasteiger partial charge in [0.15, 0.2) is 0 Å². The highest BCUT2D eigenvalue weighted by Crippen LogP contribution is 2.34. The zero-order valence-corrected chi connectivity index (χ0v) is 10.8. The highest BCUT2D eigenvalue weighted by atomic mass is 16.6. The van der Waals surface area contributed by atoms with Gasteiger partial charge in [0.1, 0.15) is 11.5 Å². The number of nitro groups is 1. The molecule has 0 aromatic heterocycles. The van der Waals surface area contributed by atoms with Crippen LogP contribution in [-0.2, 0) is 6.61 Å². The van der Waals surface area contributed by atoms with E-state index in [1.54, 1.807) is 24.3 Å². The number of rotatable bonds is 5. The molecule has 6 nitrogen and oxygen atoms in total. The molecule has 1 N–H and O–H groups in total. The summed E-state index contributed by atoms with van der Waals surface area (Å²) >= 11 is 0. The van der Waals surface area contributed by atoms with Crippen LogP contribution in [0.2, 0.25) is 0 Å². The highest BCUT2D eigenvalue weighted by Gasteiger charge is 2.17. The SMILES string of the molecule is COc1ccc([N+](=O)[O-])c(Oc2cccc(CO)c2)c1. The fourth-order valence-electron chi connectivity index (χ4n) is 1.69. The number of hydrogen-bond donors (Lipinski definition) is 1. The molecule has 0 spiro atoms. The van der Waals surface area contributed by atoms with Crippen LogP contribution in [0.3, 0.4) is 0 Å². The van der Waals surface area contributed by atoms with Gasteiger partial charge >= 0.3 is 5.69 Å². The van der Waals surface area contributed by atoms with Gasteiger partial charge in [-0.2, -0.15) is 0 Å². The molecule has 0 aliphatic rings. The molecule has 0 saturated carbocycles. The standard InChI is InChI=1S/C14H13NO5/c1-19-11-5-6-13(15(17)18)14(8-11)20-12-4-2-3-10(7-12)9-16/h2-8,16H,9H2,1H3. The van der Waals surface area contributed by atoms with Gasteiger partial charge in [0.25, 0.3) is 0 Å². The first-order valence-corrected chi connectivity index (χ1v) is 5.84. The molecule has 0 unspecified atom stereocenters. The Morgan fingerprint density at radius 2 is 2.00 bits per heavy atom. The maximum absolute atomic E-state index is 11.0. The minimum absolute atomic E-state index is 0.0874. The van der Waals surface area contributed by atoms with Gasteiger partial charge in [-0.1, -0.05) is 12.1 Å². The van der Waals surface area contributed by atoms with Gasteiger partial charge in [-0.05, 0) is 23.8 Å². The van der Waals surface area contributed by atoms with E-state index in [2.05, 4.69) is 0 Å². The minimum atomic E-state index is -0.523. The monoisotopic (exact) mass is 275 g/mol. The Hall–Kier alpha value is -2.60. The molecule has 0 heterocycles. The fourth-order valence-corrected chi connectivity index (χ4v) is 1.69. The molecule has 0 radical (unpaired) electrons. The van der Waals surface area contributed by atoms with E-state index in [9.17, 15) is 10.1 Å². The normalized spacial score (nSPS) is 10.1. The van der Waals surface area contributed by atoms with Crippen molar-refractivity contribution in [1.82, 2.24) is 0 Å². The van der Waals surface area contributed by atoms with Gasteiger partial charge in [-0.15, -0.1) is 0 Å². The molecule has 0 bridgehead atoms. The lowest BCUT2D eigenvalue weighted by Crippen LogP contribution is -1.95. The molecular weight excluding hydrogens is 262 g/mol. The van der Waals surface area contributed by atoms with Crippen LogP contribution in [0, 0.1) is 10.1 Å². The number of ether oxygens (including phenoxy) is 2. The Balaban J connectivity index is 2.37. The number of hydrogen-bond acceptors (Lipinski definition) is 5. The lowest BCUT2D eigenvalue weighted by molar-refractivity contribution is -0.385. The molecule has 0 aliphatic heterocycles. The van der Waals surface area contributed by atoms with Crippen molar-refractivity contribution in [2.75, 3.05) is 7.11 Å². The molecule has 0 saturated heterocycles. The second kappa shape index (κ2) is 6.03. The topological polar surface area (TPSA) is 81.8 Å². The average Bonchev–Trinajstić information content (AvgIpc) is 2.47. The van der Waals surface area contributed by atoms with Crippen molar-refractivity contribution in [3.8, 4) is 17.2 Å². The minimum Gasteiger partial charge on any atom is -0.497 e. The molecule has 0 fully saturated rings. The van der Waals surface area contributed by atoms with E-state index in [1.807, 2.05) is 0 Å². The Kier molecular flexibility index (Phi) is 4.17. The van der Waals surface area contributed by atoms with E-state index in [1.165, 1.54) is 25.3 Å². The molecule has 0 aliphatic carbocycles. The quantitative estimate of drug-likeness (QED) is 0.670. The van der Waals surface area contributed by atoms with Gasteiger partial charge < -0.3 is 14.6 Å². The maximum atomic E-state index is 11.0. The number of nitrogens with zero attached hydrogens (tertiary/aromatic N) is 1. The molecule has 2 rings (SSSR count). The van der Waals surface area contributed by atoms with Gasteiger partial charge in [0, 0.05) is 12.1 Å². The van der Waals surface area contributed by atoms with Crippen LogP contribution in [-0.4, -0.2) is 17.1 Å². The molecule has 104 valence electrons. The van der Waals surface area contributed by atoms with Gasteiger partial charge in [0.2, 0.25) is 5.75 Å². The largest absolute Gasteiger partial charge is 0.497 e. The Labute approximate surface area is 115 Å². The first-order chi connectivity index (χ1) is 9.63. The van der Waals surface area contributed by atoms with Crippen LogP contribution in [0.1, 0.15) is 5.56 Å². The Bertz CT molecular complexity index is 627. The van der Waals surface area contributed by atoms with E-state index < -0.39 is 4.92 Å². The number of aliphatic hydroxyl groups is 1. The van der Waals surface area contributed by atoms with Crippen molar-refractivity contribution >= 4 is 5.69 Å². The third-order valence-electron chi connectivity index (χ3n) is 2.67. The predicted molar refractivity (Wildman–Crippen MR) is 72.1 cm³/mol. The Morgan fingerprint density at radius 1 is 1.20 bits per heavy atom. The van der Waals surface area contributed by atoms with Crippen molar-refractivity contribution in [1.29, 1.82) is 0 Å². The summed E-state index contributed by atoms with van der Waals surface area (Å²) in [7, 11) is 1.47. The fraction of sp³-hybridized carbons (Fsp3) is 0.143. The molecular formula is C14H13NO5. The molecule has 2 aromatic carbocycles. The second-order valence-corrected chi connectivity index (χ2v) is 4.00. The summed E-state index contributed by atoms with van der Waals surface area (Å²) in [5, 5.41) is 20.0. The van der Waals surface area contributed by atoms with Gasteiger partial charge in [-0.25, -0.2) is 0 Å². The molecule has 20 heavy (non-hydrogen) atoms. The number of methoxy groups -OCH3 is 1. The lowest BCUT2D eigenvalue weighted by atomic mass is 10.2. The smallest absolute Gasteiger partial charge is 0.311 e. The van der Waals surface area contributed by atoms with Crippen LogP contribution in [0.4, 0.5) is 5.69 Å². The summed E-state index contributed by atoms with van der Waals surface area (Å²) < 4.78 is 10.6. The van der Waals surface area contributed by atoms with Crippen molar-refractivity contribution in [2.45, 2.75) is 6.61 Å². The van der Waals surface area contributed by atoms with Crippen LogP contribution in [0.25, 0.3) is 0 Å². The van der Waals surface area contributed by atoms with E-state index in [0.29, 0.717) is 17.1 Å². The molecule has 2 aromatic rings. The van der Waals surface area contributed by atoms with Gasteiger partial charge in [-0.3, -0.25) is 10.1 Å². The molecule has 0 atom stereocenters. The highest BCUT2D eigenvalue weighted by molar-refractivity contribution is 5.52. The van der Waals surface area contributed by atoms with Crippen molar-refractivity contribution in [2.24, 2.45) is 0 Å². The summed E-state index contributed by atoms with van der Waals surface area (Å²) in [6.07, 6.45) is 0. The summed E-state index contributed by atoms with van der Waals surface area (Å²) in [4.78, 5) is 10.5. The summed E-state index contributed by atoms with van der Waals surface area (Å²) in [5.41, 5.74) is 0.508. The third-order valence-corrected chi connectivity index (χ3v) is 2.67. The van der Waals surface area contributed by atoms with E-state index in [-0.39, 0.29) is 18.0 Å². The first-order valence-electron chi connectivity index (χ1n) is 5.84. The number of aliphatic hydroxyl groups excluding tert-OH is 1. The zero-order valence-electron chi connectivity index (χ0n) is 10.8.